The Labute approximate surface area is 193 Å². The maximum atomic E-state index is 13.4. The molecule has 1 aromatic carbocycles. The van der Waals surface area contributed by atoms with Crippen molar-refractivity contribution in [2.45, 2.75) is 39.3 Å². The molecule has 4 heterocycles. The molecule has 0 saturated carbocycles. The van der Waals surface area contributed by atoms with Gasteiger partial charge in [-0.25, -0.2) is 9.97 Å². The van der Waals surface area contributed by atoms with Crippen molar-refractivity contribution < 1.29 is 4.79 Å². The minimum atomic E-state index is 0.138. The van der Waals surface area contributed by atoms with E-state index >= 15 is 0 Å². The summed E-state index contributed by atoms with van der Waals surface area (Å²) >= 11 is 0. The number of carbonyl (C=O) groups excluding carboxylic acids is 1. The Morgan fingerprint density at radius 1 is 0.818 bits per heavy atom. The van der Waals surface area contributed by atoms with E-state index in [1.54, 1.807) is 0 Å². The summed E-state index contributed by atoms with van der Waals surface area (Å²) in [4.78, 5) is 24.3. The maximum Gasteiger partial charge on any atom is 0.223 e. The van der Waals surface area contributed by atoms with Gasteiger partial charge in [0.05, 0.1) is 36.9 Å². The van der Waals surface area contributed by atoms with Gasteiger partial charge in [-0.2, -0.15) is 0 Å². The molecule has 0 bridgehead atoms. The summed E-state index contributed by atoms with van der Waals surface area (Å²) in [5, 5.41) is 0. The molecule has 0 unspecified atom stereocenters. The van der Waals surface area contributed by atoms with E-state index < -0.39 is 0 Å². The number of fused-ring (bicyclic) bond motifs is 2. The first-order chi connectivity index (χ1) is 16.2. The second kappa shape index (κ2) is 9.28. The van der Waals surface area contributed by atoms with Gasteiger partial charge in [-0.05, 0) is 49.6 Å². The summed E-state index contributed by atoms with van der Waals surface area (Å²) in [5.41, 5.74) is 6.27. The van der Waals surface area contributed by atoms with Crippen molar-refractivity contribution in [3.05, 3.63) is 108 Å². The third-order valence-corrected chi connectivity index (χ3v) is 6.02. The smallest absolute Gasteiger partial charge is 0.223 e. The Kier molecular flexibility index (Phi) is 5.89. The molecule has 0 N–H and O–H groups in total. The van der Waals surface area contributed by atoms with E-state index in [-0.39, 0.29) is 5.91 Å². The van der Waals surface area contributed by atoms with Gasteiger partial charge < -0.3 is 13.7 Å². The first-order valence-corrected chi connectivity index (χ1v) is 11.3. The second-order valence-corrected chi connectivity index (χ2v) is 8.45. The second-order valence-electron chi connectivity index (χ2n) is 8.45. The average Bonchev–Trinajstić information content (AvgIpc) is 3.44. The number of carbonyl (C=O) groups is 1. The Morgan fingerprint density at radius 2 is 1.39 bits per heavy atom. The summed E-state index contributed by atoms with van der Waals surface area (Å²) in [7, 11) is 0. The first kappa shape index (κ1) is 20.9. The van der Waals surface area contributed by atoms with E-state index in [4.69, 9.17) is 0 Å². The zero-order valence-electron chi connectivity index (χ0n) is 18.8. The fourth-order valence-corrected chi connectivity index (χ4v) is 4.18. The van der Waals surface area contributed by atoms with Crippen molar-refractivity contribution in [1.82, 2.24) is 23.7 Å². The minimum Gasteiger partial charge on any atom is -0.331 e. The lowest BCUT2D eigenvalue weighted by molar-refractivity contribution is -0.132. The molecule has 166 valence electrons. The van der Waals surface area contributed by atoms with Crippen molar-refractivity contribution in [3.63, 3.8) is 0 Å². The lowest BCUT2D eigenvalue weighted by Gasteiger charge is -2.22. The number of pyridine rings is 2. The Bertz CT molecular complexity index is 1310. The van der Waals surface area contributed by atoms with E-state index in [1.807, 2.05) is 74.9 Å². The van der Waals surface area contributed by atoms with Gasteiger partial charge in [-0.1, -0.05) is 42.0 Å². The zero-order valence-corrected chi connectivity index (χ0v) is 18.8. The van der Waals surface area contributed by atoms with E-state index in [0.717, 1.165) is 35.5 Å². The van der Waals surface area contributed by atoms with Crippen LogP contribution in [-0.4, -0.2) is 29.6 Å². The van der Waals surface area contributed by atoms with Crippen LogP contribution in [0.15, 0.2) is 85.5 Å². The van der Waals surface area contributed by atoms with Crippen molar-refractivity contribution >= 4 is 17.2 Å². The van der Waals surface area contributed by atoms with Crippen molar-refractivity contribution in [2.24, 2.45) is 0 Å². The van der Waals surface area contributed by atoms with E-state index in [9.17, 15) is 4.79 Å². The average molecular weight is 438 g/mol. The molecule has 6 nitrogen and oxygen atoms in total. The fraction of sp³-hybridized carbons (Fsp3) is 0.222. The van der Waals surface area contributed by atoms with Gasteiger partial charge >= 0.3 is 0 Å². The summed E-state index contributed by atoms with van der Waals surface area (Å²) in [5.74, 6) is 0.138. The molecular weight excluding hydrogens is 410 g/mol. The fourth-order valence-electron chi connectivity index (χ4n) is 4.18. The number of amides is 1. The number of rotatable bonds is 8. The van der Waals surface area contributed by atoms with Crippen LogP contribution < -0.4 is 0 Å². The molecule has 0 atom stereocenters. The van der Waals surface area contributed by atoms with Crippen LogP contribution in [0, 0.1) is 6.92 Å². The van der Waals surface area contributed by atoms with Crippen LogP contribution in [0.3, 0.4) is 0 Å². The number of aromatic nitrogens is 4. The molecule has 0 radical (unpaired) electrons. The largest absolute Gasteiger partial charge is 0.331 e. The number of nitrogens with zero attached hydrogens (tertiary/aromatic N) is 5. The molecule has 5 aromatic rings. The summed E-state index contributed by atoms with van der Waals surface area (Å²) in [6.45, 7) is 3.08. The summed E-state index contributed by atoms with van der Waals surface area (Å²) < 4.78 is 4.09. The Balaban J connectivity index is 1.35. The van der Waals surface area contributed by atoms with Crippen LogP contribution in [0.1, 0.15) is 35.4 Å². The molecule has 33 heavy (non-hydrogen) atoms. The summed E-state index contributed by atoms with van der Waals surface area (Å²) in [6.07, 6.45) is 9.91. The molecule has 6 heteroatoms. The maximum absolute atomic E-state index is 13.4. The highest BCUT2D eigenvalue weighted by Crippen LogP contribution is 2.16. The van der Waals surface area contributed by atoms with Gasteiger partial charge in [0.25, 0.3) is 0 Å². The third-order valence-electron chi connectivity index (χ3n) is 6.02. The highest BCUT2D eigenvalue weighted by Gasteiger charge is 2.18. The number of imidazole rings is 2. The van der Waals surface area contributed by atoms with Crippen LogP contribution in [0.5, 0.6) is 0 Å². The highest BCUT2D eigenvalue weighted by molar-refractivity contribution is 5.76. The SMILES string of the molecule is Cc1ccc(CCCC(=O)N(Cc2cnc3ccccn23)Cc2cnc3ccccn23)cc1. The van der Waals surface area contributed by atoms with E-state index in [1.165, 1.54) is 11.1 Å². The van der Waals surface area contributed by atoms with Gasteiger partial charge in [-0.15, -0.1) is 0 Å². The first-order valence-electron chi connectivity index (χ1n) is 11.3. The number of benzene rings is 1. The molecule has 0 spiro atoms. The van der Waals surface area contributed by atoms with Crippen LogP contribution in [0.2, 0.25) is 0 Å². The van der Waals surface area contributed by atoms with Gasteiger partial charge in [-0.3, -0.25) is 4.79 Å². The standard InChI is InChI=1S/C27H27N5O/c1-21-11-13-22(14-12-21)7-6-10-27(33)30(19-23-17-28-25-8-2-4-15-31(23)25)20-24-18-29-26-9-3-5-16-32(24)26/h2-5,8-9,11-18H,6-7,10,19-20H2,1H3. The topological polar surface area (TPSA) is 54.9 Å². The molecule has 0 aliphatic heterocycles. The number of aryl methyl sites for hydroxylation is 2. The van der Waals surface area contributed by atoms with Crippen LogP contribution >= 0.6 is 0 Å². The monoisotopic (exact) mass is 437 g/mol. The number of hydrogen-bond donors (Lipinski definition) is 0. The third kappa shape index (κ3) is 4.65. The lowest BCUT2D eigenvalue weighted by atomic mass is 10.1. The normalized spacial score (nSPS) is 11.3. The molecular formula is C27H27N5O. The van der Waals surface area contributed by atoms with Gasteiger partial charge in [0.15, 0.2) is 0 Å². The molecule has 0 aliphatic carbocycles. The van der Waals surface area contributed by atoms with E-state index in [2.05, 4.69) is 41.2 Å². The molecule has 4 aromatic heterocycles. The summed E-state index contributed by atoms with van der Waals surface area (Å²) in [6, 6.07) is 20.4. The van der Waals surface area contributed by atoms with E-state index in [0.29, 0.717) is 19.5 Å². The van der Waals surface area contributed by atoms with Crippen molar-refractivity contribution in [2.75, 3.05) is 0 Å². The van der Waals surface area contributed by atoms with Crippen molar-refractivity contribution in [3.8, 4) is 0 Å². The molecule has 5 rings (SSSR count). The highest BCUT2D eigenvalue weighted by atomic mass is 16.2. The molecule has 0 fully saturated rings. The van der Waals surface area contributed by atoms with Crippen LogP contribution in [0.4, 0.5) is 0 Å². The molecule has 0 aliphatic rings. The predicted octanol–water partition coefficient (Wildman–Crippen LogP) is 4.84. The minimum absolute atomic E-state index is 0.138. The quantitative estimate of drug-likeness (QED) is 0.349. The lowest BCUT2D eigenvalue weighted by Crippen LogP contribution is -2.31. The number of hydrogen-bond acceptors (Lipinski definition) is 3. The Morgan fingerprint density at radius 3 is 1.97 bits per heavy atom. The van der Waals surface area contributed by atoms with Crippen LogP contribution in [-0.2, 0) is 24.3 Å². The predicted molar refractivity (Wildman–Crippen MR) is 129 cm³/mol. The van der Waals surface area contributed by atoms with Crippen LogP contribution in [0.25, 0.3) is 11.3 Å². The Hall–Kier alpha value is -3.93. The van der Waals surface area contributed by atoms with Gasteiger partial charge in [0, 0.05) is 18.8 Å². The van der Waals surface area contributed by atoms with Crippen molar-refractivity contribution in [1.29, 1.82) is 0 Å². The zero-order chi connectivity index (χ0) is 22.6. The molecule has 1 amide bonds. The van der Waals surface area contributed by atoms with Gasteiger partial charge in [0.2, 0.25) is 5.91 Å². The molecule has 0 saturated heterocycles. The van der Waals surface area contributed by atoms with Gasteiger partial charge in [0.1, 0.15) is 11.3 Å².